The summed E-state index contributed by atoms with van der Waals surface area (Å²) in [6.45, 7) is 8.82. The summed E-state index contributed by atoms with van der Waals surface area (Å²) in [6, 6.07) is 4.79. The van der Waals surface area contributed by atoms with E-state index < -0.39 is 60.2 Å². The van der Waals surface area contributed by atoms with Crippen LogP contribution >= 0.6 is 0 Å². The van der Waals surface area contributed by atoms with E-state index in [4.69, 9.17) is 16.2 Å². The van der Waals surface area contributed by atoms with Gasteiger partial charge in [-0.15, -0.1) is 0 Å². The average molecular weight is 520 g/mol. The highest BCUT2D eigenvalue weighted by Gasteiger charge is 2.33. The number of rotatable bonds is 15. The van der Waals surface area contributed by atoms with Crippen LogP contribution in [0.25, 0.3) is 0 Å². The molecule has 11 heteroatoms. The molecular weight excluding hydrogens is 478 g/mol. The molecule has 0 saturated heterocycles. The van der Waals surface area contributed by atoms with Crippen LogP contribution in [0.5, 0.6) is 0 Å². The number of hydrogen-bond donors (Lipinski definition) is 5. The first-order valence-electron chi connectivity index (χ1n) is 12.5. The number of carbonyl (C=O) groups excluding carboxylic acids is 5. The Morgan fingerprint density at radius 3 is 2.05 bits per heavy atom. The molecule has 4 amide bonds. The van der Waals surface area contributed by atoms with Crippen molar-refractivity contribution in [3.05, 3.63) is 35.9 Å². The zero-order valence-electron chi connectivity index (χ0n) is 22.3. The molecule has 0 unspecified atom stereocenters. The van der Waals surface area contributed by atoms with Crippen LogP contribution in [0.3, 0.4) is 0 Å². The molecule has 0 bridgehead atoms. The Bertz CT molecular complexity index is 923. The van der Waals surface area contributed by atoms with Crippen molar-refractivity contribution < 1.29 is 28.7 Å². The van der Waals surface area contributed by atoms with E-state index in [2.05, 4.69) is 16.0 Å². The average Bonchev–Trinajstić information content (AvgIpc) is 2.84. The number of ether oxygens (including phenoxy) is 1. The summed E-state index contributed by atoms with van der Waals surface area (Å²) < 4.78 is 5.28. The predicted molar refractivity (Wildman–Crippen MR) is 138 cm³/mol. The van der Waals surface area contributed by atoms with E-state index in [1.165, 1.54) is 6.92 Å². The largest absolute Gasteiger partial charge is 0.461 e. The summed E-state index contributed by atoms with van der Waals surface area (Å²) in [7, 11) is 0. The fourth-order valence-electron chi connectivity index (χ4n) is 3.40. The number of nitrogens with one attached hydrogen (secondary N) is 3. The molecule has 1 aromatic rings. The highest BCUT2D eigenvalue weighted by molar-refractivity contribution is 5.96. The van der Waals surface area contributed by atoms with Gasteiger partial charge < -0.3 is 32.2 Å². The fraction of sp³-hybridized carbons (Fsp3) is 0.577. The van der Waals surface area contributed by atoms with Crippen LogP contribution < -0.4 is 27.4 Å². The summed E-state index contributed by atoms with van der Waals surface area (Å²) in [4.78, 5) is 62.7. The Labute approximate surface area is 218 Å². The van der Waals surface area contributed by atoms with E-state index in [0.29, 0.717) is 12.8 Å². The molecule has 0 aliphatic rings. The Hall–Kier alpha value is -3.47. The van der Waals surface area contributed by atoms with Crippen LogP contribution in [0.2, 0.25) is 0 Å². The second kappa shape index (κ2) is 15.6. The van der Waals surface area contributed by atoms with Crippen LogP contribution in [0, 0.1) is 11.8 Å². The lowest BCUT2D eigenvalue weighted by atomic mass is 9.97. The summed E-state index contributed by atoms with van der Waals surface area (Å²) >= 11 is 0. The summed E-state index contributed by atoms with van der Waals surface area (Å²) in [6.07, 6.45) is 0.436. The molecule has 0 aromatic heterocycles. The number of amides is 4. The van der Waals surface area contributed by atoms with Crippen molar-refractivity contribution in [3.63, 3.8) is 0 Å². The van der Waals surface area contributed by atoms with Gasteiger partial charge in [0.2, 0.25) is 23.6 Å². The van der Waals surface area contributed by atoms with Crippen LogP contribution in [0.4, 0.5) is 0 Å². The van der Waals surface area contributed by atoms with Crippen LogP contribution in [-0.2, 0) is 35.3 Å². The van der Waals surface area contributed by atoms with Crippen molar-refractivity contribution in [1.29, 1.82) is 0 Å². The van der Waals surface area contributed by atoms with Crippen molar-refractivity contribution in [2.45, 2.75) is 84.7 Å². The Morgan fingerprint density at radius 2 is 1.51 bits per heavy atom. The van der Waals surface area contributed by atoms with Gasteiger partial charge in [-0.1, -0.05) is 64.4 Å². The molecule has 0 aliphatic heterocycles. The Morgan fingerprint density at radius 1 is 0.892 bits per heavy atom. The number of carbonyl (C=O) groups is 5. The van der Waals surface area contributed by atoms with E-state index in [1.54, 1.807) is 31.2 Å². The number of primary amides is 1. The molecule has 37 heavy (non-hydrogen) atoms. The lowest BCUT2D eigenvalue weighted by Gasteiger charge is -2.27. The van der Waals surface area contributed by atoms with Gasteiger partial charge in [0.05, 0.1) is 12.5 Å². The monoisotopic (exact) mass is 519 g/mol. The standard InChI is InChI=1S/C26H41N5O6/c1-6-16(4)22(26(36)29-17(5)23(28)33)31-25(35)20(30-24(34)19(27)12-15(2)3)13-21(32)37-14-18-10-8-7-9-11-18/h7-11,15-17,19-20,22H,6,12-14,27H2,1-5H3,(H2,28,33)(H,29,36)(H,30,34)(H,31,35)/t16-,17-,19-,20-,22-/m0/s1. The van der Waals surface area contributed by atoms with Gasteiger partial charge in [-0.3, -0.25) is 24.0 Å². The molecule has 11 nitrogen and oxygen atoms in total. The first-order valence-corrected chi connectivity index (χ1v) is 12.5. The molecule has 7 N–H and O–H groups in total. The van der Waals surface area contributed by atoms with Crippen LogP contribution in [0.1, 0.15) is 59.4 Å². The lowest BCUT2D eigenvalue weighted by Crippen LogP contribution is -2.59. The molecule has 1 aromatic carbocycles. The minimum Gasteiger partial charge on any atom is -0.461 e. The Balaban J connectivity index is 3.04. The van der Waals surface area contributed by atoms with Gasteiger partial charge >= 0.3 is 5.97 Å². The van der Waals surface area contributed by atoms with Crippen molar-refractivity contribution >= 4 is 29.6 Å². The summed E-state index contributed by atoms with van der Waals surface area (Å²) in [5, 5.41) is 7.61. The third-order valence-corrected chi connectivity index (χ3v) is 5.89. The first kappa shape index (κ1) is 31.6. The van der Waals surface area contributed by atoms with Crippen LogP contribution in [-0.4, -0.2) is 53.8 Å². The first-order chi connectivity index (χ1) is 17.3. The van der Waals surface area contributed by atoms with E-state index in [9.17, 15) is 24.0 Å². The maximum Gasteiger partial charge on any atom is 0.308 e. The molecule has 0 spiro atoms. The molecule has 0 fully saturated rings. The van der Waals surface area contributed by atoms with Gasteiger partial charge in [-0.25, -0.2) is 0 Å². The number of benzene rings is 1. The normalized spacial score (nSPS) is 15.0. The van der Waals surface area contributed by atoms with Gasteiger partial charge in [-0.05, 0) is 30.7 Å². The molecule has 0 saturated carbocycles. The zero-order chi connectivity index (χ0) is 28.1. The third-order valence-electron chi connectivity index (χ3n) is 5.89. The smallest absolute Gasteiger partial charge is 0.308 e. The minimum absolute atomic E-state index is 0.00225. The molecule has 1 rings (SSSR count). The molecule has 206 valence electrons. The minimum atomic E-state index is -1.33. The maximum atomic E-state index is 13.2. The quantitative estimate of drug-likeness (QED) is 0.209. The topological polar surface area (TPSA) is 183 Å². The van der Waals surface area contributed by atoms with Crippen molar-refractivity contribution in [3.8, 4) is 0 Å². The molecule has 0 radical (unpaired) electrons. The van der Waals surface area contributed by atoms with E-state index >= 15 is 0 Å². The van der Waals surface area contributed by atoms with E-state index in [0.717, 1.165) is 5.56 Å². The molecule has 0 aliphatic carbocycles. The van der Waals surface area contributed by atoms with E-state index in [-0.39, 0.29) is 18.4 Å². The fourth-order valence-corrected chi connectivity index (χ4v) is 3.40. The second-order valence-corrected chi connectivity index (χ2v) is 9.65. The zero-order valence-corrected chi connectivity index (χ0v) is 22.3. The van der Waals surface area contributed by atoms with Gasteiger partial charge in [0, 0.05) is 0 Å². The van der Waals surface area contributed by atoms with Gasteiger partial charge in [0.15, 0.2) is 0 Å². The van der Waals surface area contributed by atoms with Crippen molar-refractivity contribution in [1.82, 2.24) is 16.0 Å². The molecule has 5 atom stereocenters. The maximum absolute atomic E-state index is 13.2. The van der Waals surface area contributed by atoms with Crippen molar-refractivity contribution in [2.24, 2.45) is 23.3 Å². The summed E-state index contributed by atoms with van der Waals surface area (Å²) in [5.74, 6) is -3.60. The highest BCUT2D eigenvalue weighted by atomic mass is 16.5. The number of hydrogen-bond acceptors (Lipinski definition) is 7. The third kappa shape index (κ3) is 11.4. The van der Waals surface area contributed by atoms with Gasteiger partial charge in [0.25, 0.3) is 0 Å². The molecular formula is C26H41N5O6. The SMILES string of the molecule is CC[C@H](C)[C@H](NC(=O)[C@H](CC(=O)OCc1ccccc1)NC(=O)[C@@H](N)CC(C)C)C(=O)N[C@@H](C)C(N)=O. The second-order valence-electron chi connectivity index (χ2n) is 9.65. The highest BCUT2D eigenvalue weighted by Crippen LogP contribution is 2.11. The number of nitrogens with two attached hydrogens (primary N) is 2. The lowest BCUT2D eigenvalue weighted by molar-refractivity contribution is -0.147. The summed E-state index contributed by atoms with van der Waals surface area (Å²) in [5.41, 5.74) is 12.0. The molecule has 0 heterocycles. The van der Waals surface area contributed by atoms with Crippen molar-refractivity contribution in [2.75, 3.05) is 0 Å². The van der Waals surface area contributed by atoms with Crippen LogP contribution in [0.15, 0.2) is 30.3 Å². The van der Waals surface area contributed by atoms with Gasteiger partial charge in [0.1, 0.15) is 24.7 Å². The predicted octanol–water partition coefficient (Wildman–Crippen LogP) is 0.499. The number of esters is 1. The van der Waals surface area contributed by atoms with Gasteiger partial charge in [-0.2, -0.15) is 0 Å². The Kier molecular flexibility index (Phi) is 13.3. The van der Waals surface area contributed by atoms with E-state index in [1.807, 2.05) is 26.8 Å².